The van der Waals surface area contributed by atoms with Crippen LogP contribution in [-0.4, -0.2) is 42.5 Å². The molecule has 0 aromatic heterocycles. The Balaban J connectivity index is -0.00000128. The molecule has 0 aromatic carbocycles. The van der Waals surface area contributed by atoms with Gasteiger partial charge in [0.05, 0.1) is 5.54 Å². The van der Waals surface area contributed by atoms with E-state index in [0.29, 0.717) is 6.54 Å². The molecule has 0 aromatic rings. The maximum Gasteiger partial charge on any atom is 0.239 e. The summed E-state index contributed by atoms with van der Waals surface area (Å²) in [6.45, 7) is 11.9. The molecule has 6 heteroatoms. The van der Waals surface area contributed by atoms with Crippen LogP contribution in [-0.2, 0) is 4.79 Å². The minimum atomic E-state index is -0.771. The SMILES string of the molecule is CCCN(CCC)CCCNC(=O)C(C)(C)N.Cl.Cl. The van der Waals surface area contributed by atoms with Gasteiger partial charge in [-0.1, -0.05) is 13.8 Å². The maximum atomic E-state index is 11.5. The van der Waals surface area contributed by atoms with Crippen molar-refractivity contribution in [3.05, 3.63) is 0 Å². The largest absolute Gasteiger partial charge is 0.354 e. The molecule has 0 aliphatic carbocycles. The number of carbonyl (C=O) groups is 1. The summed E-state index contributed by atoms with van der Waals surface area (Å²) in [6, 6.07) is 0. The summed E-state index contributed by atoms with van der Waals surface area (Å²) in [4.78, 5) is 14.0. The number of nitrogens with zero attached hydrogens (tertiary/aromatic N) is 1. The molecule has 19 heavy (non-hydrogen) atoms. The average molecular weight is 316 g/mol. The van der Waals surface area contributed by atoms with E-state index in [9.17, 15) is 4.79 Å². The number of halogens is 2. The summed E-state index contributed by atoms with van der Waals surface area (Å²) in [6.07, 6.45) is 3.35. The lowest BCUT2D eigenvalue weighted by molar-refractivity contribution is -0.125. The van der Waals surface area contributed by atoms with Crippen LogP contribution < -0.4 is 11.1 Å². The van der Waals surface area contributed by atoms with Crippen molar-refractivity contribution in [2.75, 3.05) is 26.2 Å². The summed E-state index contributed by atoms with van der Waals surface area (Å²) in [5.41, 5.74) is 4.92. The van der Waals surface area contributed by atoms with Crippen molar-refractivity contribution in [3.8, 4) is 0 Å². The Morgan fingerprint density at radius 2 is 1.58 bits per heavy atom. The van der Waals surface area contributed by atoms with Gasteiger partial charge in [0.25, 0.3) is 0 Å². The van der Waals surface area contributed by atoms with Gasteiger partial charge in [-0.15, -0.1) is 24.8 Å². The predicted molar refractivity (Wildman–Crippen MR) is 87.4 cm³/mol. The minimum absolute atomic E-state index is 0. The van der Waals surface area contributed by atoms with Gasteiger partial charge in [-0.05, 0) is 52.7 Å². The van der Waals surface area contributed by atoms with Gasteiger partial charge in [-0.25, -0.2) is 0 Å². The highest BCUT2D eigenvalue weighted by atomic mass is 35.5. The Labute approximate surface area is 130 Å². The van der Waals surface area contributed by atoms with Gasteiger partial charge in [0.15, 0.2) is 0 Å². The fraction of sp³-hybridized carbons (Fsp3) is 0.923. The molecular formula is C13H31Cl2N3O. The smallest absolute Gasteiger partial charge is 0.239 e. The number of amides is 1. The van der Waals surface area contributed by atoms with Gasteiger partial charge in [-0.3, -0.25) is 4.79 Å². The average Bonchev–Trinajstić information content (AvgIpc) is 2.23. The van der Waals surface area contributed by atoms with E-state index >= 15 is 0 Å². The fourth-order valence-electron chi connectivity index (χ4n) is 1.70. The quantitative estimate of drug-likeness (QED) is 0.641. The van der Waals surface area contributed by atoms with Crippen LogP contribution in [0, 0.1) is 0 Å². The number of nitrogens with one attached hydrogen (secondary N) is 1. The Morgan fingerprint density at radius 3 is 1.95 bits per heavy atom. The van der Waals surface area contributed by atoms with Crippen LogP contribution in [0.15, 0.2) is 0 Å². The first-order valence-corrected chi connectivity index (χ1v) is 6.71. The molecule has 0 saturated carbocycles. The van der Waals surface area contributed by atoms with Crippen LogP contribution in [0.5, 0.6) is 0 Å². The van der Waals surface area contributed by atoms with Crippen molar-refractivity contribution in [1.29, 1.82) is 0 Å². The molecule has 0 heterocycles. The van der Waals surface area contributed by atoms with Crippen LogP contribution >= 0.6 is 24.8 Å². The molecule has 0 unspecified atom stereocenters. The van der Waals surface area contributed by atoms with Crippen LogP contribution in [0.3, 0.4) is 0 Å². The van der Waals surface area contributed by atoms with E-state index < -0.39 is 5.54 Å². The third kappa shape index (κ3) is 12.7. The van der Waals surface area contributed by atoms with Crippen LogP contribution in [0.1, 0.15) is 47.0 Å². The standard InChI is InChI=1S/C13H29N3O.2ClH/c1-5-9-16(10-6-2)11-7-8-15-12(17)13(3,4)14;;/h5-11,14H2,1-4H3,(H,15,17);2*1H. The van der Waals surface area contributed by atoms with Gasteiger partial charge < -0.3 is 16.0 Å². The predicted octanol–water partition coefficient (Wildman–Crippen LogP) is 2.20. The molecule has 0 rings (SSSR count). The Morgan fingerprint density at radius 1 is 1.11 bits per heavy atom. The zero-order chi connectivity index (χ0) is 13.3. The van der Waals surface area contributed by atoms with Gasteiger partial charge in [0, 0.05) is 6.54 Å². The molecule has 0 fully saturated rings. The monoisotopic (exact) mass is 315 g/mol. The number of carbonyl (C=O) groups excluding carboxylic acids is 1. The van der Waals surface area contributed by atoms with E-state index in [4.69, 9.17) is 5.73 Å². The molecule has 0 radical (unpaired) electrons. The molecule has 0 bridgehead atoms. The number of rotatable bonds is 9. The summed E-state index contributed by atoms with van der Waals surface area (Å²) >= 11 is 0. The number of hydrogen-bond acceptors (Lipinski definition) is 3. The summed E-state index contributed by atoms with van der Waals surface area (Å²) in [7, 11) is 0. The lowest BCUT2D eigenvalue weighted by Gasteiger charge is -2.22. The third-order valence-corrected chi connectivity index (χ3v) is 2.60. The lowest BCUT2D eigenvalue weighted by atomic mass is 10.1. The van der Waals surface area contributed by atoms with Gasteiger partial charge in [0.2, 0.25) is 5.91 Å². The molecule has 0 saturated heterocycles. The Bertz CT molecular complexity index is 214. The Kier molecular flexibility index (Phi) is 16.4. The van der Waals surface area contributed by atoms with Crippen molar-refractivity contribution in [2.24, 2.45) is 5.73 Å². The van der Waals surface area contributed by atoms with Crippen molar-refractivity contribution >= 4 is 30.7 Å². The van der Waals surface area contributed by atoms with E-state index in [2.05, 4.69) is 24.1 Å². The van der Waals surface area contributed by atoms with Crippen LogP contribution in [0.4, 0.5) is 0 Å². The first-order valence-electron chi connectivity index (χ1n) is 6.71. The number of hydrogen-bond donors (Lipinski definition) is 2. The zero-order valence-electron chi connectivity index (χ0n) is 12.7. The second kappa shape index (κ2) is 13.0. The second-order valence-corrected chi connectivity index (χ2v) is 5.17. The van der Waals surface area contributed by atoms with Gasteiger partial charge >= 0.3 is 0 Å². The van der Waals surface area contributed by atoms with E-state index in [0.717, 1.165) is 26.1 Å². The van der Waals surface area contributed by atoms with Crippen molar-refractivity contribution < 1.29 is 4.79 Å². The minimum Gasteiger partial charge on any atom is -0.354 e. The molecule has 0 atom stereocenters. The molecular weight excluding hydrogens is 285 g/mol. The van der Waals surface area contributed by atoms with E-state index in [1.54, 1.807) is 13.8 Å². The topological polar surface area (TPSA) is 58.4 Å². The second-order valence-electron chi connectivity index (χ2n) is 5.17. The summed E-state index contributed by atoms with van der Waals surface area (Å²) in [5, 5.41) is 2.87. The fourth-order valence-corrected chi connectivity index (χ4v) is 1.70. The van der Waals surface area contributed by atoms with E-state index in [-0.39, 0.29) is 30.7 Å². The normalized spacial score (nSPS) is 10.6. The molecule has 1 amide bonds. The van der Waals surface area contributed by atoms with E-state index in [1.807, 2.05) is 0 Å². The highest BCUT2D eigenvalue weighted by Crippen LogP contribution is 1.98. The highest BCUT2D eigenvalue weighted by Gasteiger charge is 2.20. The zero-order valence-corrected chi connectivity index (χ0v) is 14.3. The Hall–Kier alpha value is -0.0300. The van der Waals surface area contributed by atoms with Crippen molar-refractivity contribution in [1.82, 2.24) is 10.2 Å². The van der Waals surface area contributed by atoms with Crippen LogP contribution in [0.25, 0.3) is 0 Å². The molecule has 3 N–H and O–H groups in total. The molecule has 0 aliphatic rings. The first-order chi connectivity index (χ1) is 7.91. The third-order valence-electron chi connectivity index (χ3n) is 2.60. The molecule has 4 nitrogen and oxygen atoms in total. The lowest BCUT2D eigenvalue weighted by Crippen LogP contribution is -2.49. The highest BCUT2D eigenvalue weighted by molar-refractivity contribution is 5.85. The maximum absolute atomic E-state index is 11.5. The molecule has 0 spiro atoms. The molecule has 118 valence electrons. The summed E-state index contributed by atoms with van der Waals surface area (Å²) < 4.78 is 0. The van der Waals surface area contributed by atoms with Crippen molar-refractivity contribution in [3.63, 3.8) is 0 Å². The van der Waals surface area contributed by atoms with E-state index in [1.165, 1.54) is 12.8 Å². The number of nitrogens with two attached hydrogens (primary N) is 1. The van der Waals surface area contributed by atoms with Crippen LogP contribution in [0.2, 0.25) is 0 Å². The first kappa shape index (κ1) is 24.0. The van der Waals surface area contributed by atoms with Gasteiger partial charge in [-0.2, -0.15) is 0 Å². The molecule has 0 aliphatic heterocycles. The van der Waals surface area contributed by atoms with Gasteiger partial charge in [0.1, 0.15) is 0 Å². The summed E-state index contributed by atoms with van der Waals surface area (Å²) in [5.74, 6) is -0.0740. The van der Waals surface area contributed by atoms with Crippen molar-refractivity contribution in [2.45, 2.75) is 52.5 Å².